The average molecular weight is 380 g/mol. The largest absolute Gasteiger partial charge is 0.379 e. The summed E-state index contributed by atoms with van der Waals surface area (Å²) in [5.74, 6) is 0.374. The number of anilines is 1. The van der Waals surface area contributed by atoms with E-state index in [2.05, 4.69) is 15.3 Å². The Kier molecular flexibility index (Phi) is 4.67. The predicted molar refractivity (Wildman–Crippen MR) is 107 cm³/mol. The molecule has 1 fully saturated rings. The van der Waals surface area contributed by atoms with Crippen LogP contribution in [0, 0.1) is 11.7 Å². The van der Waals surface area contributed by atoms with Crippen molar-refractivity contribution in [3.05, 3.63) is 53.6 Å². The lowest BCUT2D eigenvalue weighted by molar-refractivity contribution is 0.102. The molecule has 1 aliphatic carbocycles. The van der Waals surface area contributed by atoms with Crippen LogP contribution in [0.25, 0.3) is 0 Å². The SMILES string of the molecule is [B]c1ccc(C(=O)Nc2ccc(F)c(C34CCCC3CSC(N)=N4)c2)nc1. The minimum Gasteiger partial charge on any atom is -0.379 e. The van der Waals surface area contributed by atoms with Gasteiger partial charge in [-0.3, -0.25) is 14.8 Å². The third-order valence-electron chi connectivity index (χ3n) is 5.24. The van der Waals surface area contributed by atoms with Crippen molar-refractivity contribution in [2.24, 2.45) is 16.6 Å². The molecule has 1 aliphatic heterocycles. The van der Waals surface area contributed by atoms with Gasteiger partial charge in [-0.25, -0.2) is 4.39 Å². The lowest BCUT2D eigenvalue weighted by Crippen LogP contribution is -2.37. The molecule has 2 unspecified atom stereocenters. The Morgan fingerprint density at radius 1 is 1.37 bits per heavy atom. The van der Waals surface area contributed by atoms with Gasteiger partial charge in [-0.05, 0) is 43.0 Å². The van der Waals surface area contributed by atoms with Crippen LogP contribution in [0.2, 0.25) is 0 Å². The zero-order valence-corrected chi connectivity index (χ0v) is 15.4. The van der Waals surface area contributed by atoms with Gasteiger partial charge in [-0.2, -0.15) is 0 Å². The van der Waals surface area contributed by atoms with Crippen molar-refractivity contribution in [3.63, 3.8) is 0 Å². The molecule has 2 aliphatic rings. The van der Waals surface area contributed by atoms with E-state index in [9.17, 15) is 9.18 Å². The van der Waals surface area contributed by atoms with Gasteiger partial charge in [0.15, 0.2) is 5.17 Å². The molecular weight excluding hydrogens is 362 g/mol. The highest BCUT2D eigenvalue weighted by molar-refractivity contribution is 8.13. The third kappa shape index (κ3) is 3.34. The van der Waals surface area contributed by atoms with Crippen LogP contribution in [0.1, 0.15) is 35.3 Å². The van der Waals surface area contributed by atoms with Crippen molar-refractivity contribution >= 4 is 41.8 Å². The van der Waals surface area contributed by atoms with Gasteiger partial charge in [0.1, 0.15) is 19.4 Å². The Morgan fingerprint density at radius 3 is 3.00 bits per heavy atom. The molecular formula is C19H18BFN4OS. The van der Waals surface area contributed by atoms with Crippen LogP contribution in [0.5, 0.6) is 0 Å². The van der Waals surface area contributed by atoms with Gasteiger partial charge in [0.2, 0.25) is 0 Å². The lowest BCUT2D eigenvalue weighted by Gasteiger charge is -2.36. The summed E-state index contributed by atoms with van der Waals surface area (Å²) in [7, 11) is 5.60. The molecule has 5 nitrogen and oxygen atoms in total. The van der Waals surface area contributed by atoms with Crippen LogP contribution in [0.3, 0.4) is 0 Å². The second kappa shape index (κ2) is 7.00. The van der Waals surface area contributed by atoms with Gasteiger partial charge in [0, 0.05) is 23.2 Å². The zero-order chi connectivity index (χ0) is 19.0. The number of hydrogen-bond acceptors (Lipinski definition) is 5. The monoisotopic (exact) mass is 380 g/mol. The number of nitrogens with one attached hydrogen (secondary N) is 1. The van der Waals surface area contributed by atoms with Crippen LogP contribution < -0.4 is 16.5 Å². The molecule has 1 aromatic carbocycles. The Hall–Kier alpha value is -2.35. The molecule has 0 bridgehead atoms. The second-order valence-electron chi connectivity index (χ2n) is 6.90. The Bertz CT molecular complexity index is 920. The highest BCUT2D eigenvalue weighted by atomic mass is 32.2. The molecule has 0 saturated heterocycles. The first kappa shape index (κ1) is 18.0. The molecule has 4 rings (SSSR count). The summed E-state index contributed by atoms with van der Waals surface area (Å²) < 4.78 is 14.8. The Balaban J connectivity index is 1.67. The van der Waals surface area contributed by atoms with Gasteiger partial charge in [-0.1, -0.05) is 29.7 Å². The van der Waals surface area contributed by atoms with Crippen molar-refractivity contribution in [1.82, 2.24) is 4.98 Å². The minimum atomic E-state index is -0.639. The number of hydrogen-bond donors (Lipinski definition) is 2. The number of aromatic nitrogens is 1. The fraction of sp³-hybridized carbons (Fsp3) is 0.316. The fourth-order valence-corrected chi connectivity index (χ4v) is 4.97. The van der Waals surface area contributed by atoms with Crippen molar-refractivity contribution in [2.45, 2.75) is 24.8 Å². The van der Waals surface area contributed by atoms with Gasteiger partial charge in [0.05, 0.1) is 5.54 Å². The number of amides is 1. The van der Waals surface area contributed by atoms with Gasteiger partial charge in [0.25, 0.3) is 5.91 Å². The summed E-state index contributed by atoms with van der Waals surface area (Å²) in [5, 5.41) is 3.27. The van der Waals surface area contributed by atoms with Crippen LogP contribution >= 0.6 is 11.8 Å². The number of amidine groups is 1. The fourth-order valence-electron chi connectivity index (χ4n) is 3.93. The number of halogens is 1. The van der Waals surface area contributed by atoms with Crippen molar-refractivity contribution in [3.8, 4) is 0 Å². The number of benzene rings is 1. The Morgan fingerprint density at radius 2 is 2.22 bits per heavy atom. The first-order chi connectivity index (χ1) is 13.0. The quantitative estimate of drug-likeness (QED) is 0.801. The normalized spacial score (nSPS) is 24.2. The summed E-state index contributed by atoms with van der Waals surface area (Å²) in [5.41, 5.74) is 7.05. The van der Waals surface area contributed by atoms with E-state index in [1.165, 1.54) is 24.0 Å². The molecule has 2 atom stereocenters. The molecule has 2 aromatic rings. The third-order valence-corrected chi connectivity index (χ3v) is 6.19. The molecule has 8 heteroatoms. The molecule has 2 heterocycles. The number of carbonyl (C=O) groups is 1. The van der Waals surface area contributed by atoms with E-state index < -0.39 is 5.54 Å². The Labute approximate surface area is 162 Å². The average Bonchev–Trinajstić information content (AvgIpc) is 3.07. The van der Waals surface area contributed by atoms with Gasteiger partial charge < -0.3 is 11.1 Å². The maximum absolute atomic E-state index is 14.8. The maximum atomic E-state index is 14.8. The topological polar surface area (TPSA) is 80.4 Å². The summed E-state index contributed by atoms with van der Waals surface area (Å²) in [6, 6.07) is 7.75. The number of fused-ring (bicyclic) bond motifs is 1. The van der Waals surface area contributed by atoms with E-state index in [1.54, 1.807) is 24.3 Å². The summed E-state index contributed by atoms with van der Waals surface area (Å²) in [6.45, 7) is 0. The number of carbonyl (C=O) groups excluding carboxylic acids is 1. The van der Waals surface area contributed by atoms with E-state index in [4.69, 9.17) is 13.6 Å². The summed E-state index contributed by atoms with van der Waals surface area (Å²) in [4.78, 5) is 21.1. The maximum Gasteiger partial charge on any atom is 0.274 e. The standard InChI is InChI=1S/C19H18BFN4OS/c20-12-3-6-16(23-9-12)17(26)24-13-4-5-15(21)14(8-13)19-7-1-2-11(19)10-27-18(22)25-19/h3-6,8-9,11H,1-2,7,10H2,(H2,22,25)(H,24,26). The zero-order valence-electron chi connectivity index (χ0n) is 14.6. The number of thioether (sulfide) groups is 1. The van der Waals surface area contributed by atoms with Gasteiger partial charge in [-0.15, -0.1) is 0 Å². The smallest absolute Gasteiger partial charge is 0.274 e. The minimum absolute atomic E-state index is 0.239. The van der Waals surface area contributed by atoms with E-state index in [0.717, 1.165) is 25.0 Å². The molecule has 0 spiro atoms. The second-order valence-corrected chi connectivity index (χ2v) is 7.94. The molecule has 27 heavy (non-hydrogen) atoms. The molecule has 136 valence electrons. The number of nitrogens with zero attached hydrogens (tertiary/aromatic N) is 2. The highest BCUT2D eigenvalue weighted by Gasteiger charge is 2.48. The first-order valence-electron chi connectivity index (χ1n) is 8.79. The van der Waals surface area contributed by atoms with Crippen molar-refractivity contribution in [2.75, 3.05) is 11.1 Å². The van der Waals surface area contributed by atoms with Crippen LogP contribution in [-0.4, -0.2) is 29.7 Å². The number of rotatable bonds is 3. The van der Waals surface area contributed by atoms with Crippen LogP contribution in [-0.2, 0) is 5.54 Å². The molecule has 2 radical (unpaired) electrons. The van der Waals surface area contributed by atoms with E-state index >= 15 is 0 Å². The van der Waals surface area contributed by atoms with Crippen molar-refractivity contribution < 1.29 is 9.18 Å². The lowest BCUT2D eigenvalue weighted by atomic mass is 9.81. The van der Waals surface area contributed by atoms with E-state index in [1.807, 2.05) is 0 Å². The number of pyridine rings is 1. The van der Waals surface area contributed by atoms with E-state index in [0.29, 0.717) is 21.9 Å². The molecule has 1 saturated carbocycles. The molecule has 1 amide bonds. The number of aliphatic imine (C=N–C) groups is 1. The van der Waals surface area contributed by atoms with Crippen LogP contribution in [0.15, 0.2) is 41.5 Å². The summed E-state index contributed by atoms with van der Waals surface area (Å²) >= 11 is 1.52. The summed E-state index contributed by atoms with van der Waals surface area (Å²) in [6.07, 6.45) is 4.15. The predicted octanol–water partition coefficient (Wildman–Crippen LogP) is 2.32. The van der Waals surface area contributed by atoms with Gasteiger partial charge >= 0.3 is 0 Å². The van der Waals surface area contributed by atoms with Crippen LogP contribution in [0.4, 0.5) is 10.1 Å². The molecule has 3 N–H and O–H groups in total. The highest BCUT2D eigenvalue weighted by Crippen LogP contribution is 2.51. The molecule has 1 aromatic heterocycles. The number of nitrogens with two attached hydrogens (primary N) is 1. The van der Waals surface area contributed by atoms with E-state index in [-0.39, 0.29) is 23.3 Å². The first-order valence-corrected chi connectivity index (χ1v) is 9.77. The van der Waals surface area contributed by atoms with Crippen molar-refractivity contribution in [1.29, 1.82) is 0 Å².